The van der Waals surface area contributed by atoms with Crippen molar-refractivity contribution in [1.82, 2.24) is 15.1 Å². The molecule has 0 saturated carbocycles. The van der Waals surface area contributed by atoms with Crippen LogP contribution in [0.4, 0.5) is 0 Å². The molecule has 0 spiro atoms. The highest BCUT2D eigenvalue weighted by Gasteiger charge is 2.25. The van der Waals surface area contributed by atoms with Gasteiger partial charge in [0.2, 0.25) is 0 Å². The zero-order chi connectivity index (χ0) is 9.80. The summed E-state index contributed by atoms with van der Waals surface area (Å²) in [6, 6.07) is 0.839. The summed E-state index contributed by atoms with van der Waals surface area (Å²) < 4.78 is 0. The summed E-state index contributed by atoms with van der Waals surface area (Å²) in [5.74, 6) is 0. The van der Waals surface area contributed by atoms with E-state index in [1.807, 2.05) is 0 Å². The van der Waals surface area contributed by atoms with Crippen molar-refractivity contribution in [1.29, 1.82) is 0 Å². The third-order valence-corrected chi connectivity index (χ3v) is 3.60. The molecule has 0 radical (unpaired) electrons. The fourth-order valence-corrected chi connectivity index (χ4v) is 2.66. The molecule has 2 rings (SSSR count). The van der Waals surface area contributed by atoms with E-state index in [-0.39, 0.29) is 37.2 Å². The van der Waals surface area contributed by atoms with Gasteiger partial charge in [0.05, 0.1) is 0 Å². The number of piperidine rings is 1. The Morgan fingerprint density at radius 1 is 1.06 bits per heavy atom. The maximum absolute atomic E-state index is 3.42. The Labute approximate surface area is 124 Å². The van der Waals surface area contributed by atoms with E-state index in [9.17, 15) is 0 Å². The molecule has 6 heteroatoms. The fraction of sp³-hybridized carbons (Fsp3) is 1.00. The predicted molar refractivity (Wildman–Crippen MR) is 81.3 cm³/mol. The molecule has 2 saturated heterocycles. The van der Waals surface area contributed by atoms with Crippen molar-refractivity contribution in [2.75, 3.05) is 45.8 Å². The van der Waals surface area contributed by atoms with E-state index >= 15 is 0 Å². The molecule has 3 nitrogen and oxygen atoms in total. The van der Waals surface area contributed by atoms with Crippen molar-refractivity contribution in [2.24, 2.45) is 0 Å². The minimum absolute atomic E-state index is 0. The number of halogens is 3. The molecular weight excluding hydrogens is 281 g/mol. The largest absolute Gasteiger partial charge is 0.314 e. The van der Waals surface area contributed by atoms with Gasteiger partial charge < -0.3 is 10.2 Å². The Morgan fingerprint density at radius 3 is 2.29 bits per heavy atom. The topological polar surface area (TPSA) is 18.5 Å². The summed E-state index contributed by atoms with van der Waals surface area (Å²) in [6.45, 7) is 11.0. The first kappa shape index (κ1) is 20.1. The van der Waals surface area contributed by atoms with Gasteiger partial charge in [-0.1, -0.05) is 6.92 Å². The number of nitrogens with zero attached hydrogens (tertiary/aromatic N) is 2. The molecule has 1 N–H and O–H groups in total. The van der Waals surface area contributed by atoms with Crippen molar-refractivity contribution >= 4 is 37.2 Å². The van der Waals surface area contributed by atoms with Crippen LogP contribution in [-0.4, -0.2) is 61.7 Å². The molecular formula is C11H26Cl3N3. The molecule has 0 aromatic rings. The number of likely N-dealkylation sites (N-methyl/N-ethyl adjacent to an activating group) is 1. The average Bonchev–Trinajstić information content (AvgIpc) is 2.30. The van der Waals surface area contributed by atoms with Crippen LogP contribution in [0.1, 0.15) is 19.8 Å². The number of hydrogen-bond acceptors (Lipinski definition) is 3. The van der Waals surface area contributed by atoms with E-state index in [1.54, 1.807) is 0 Å². The van der Waals surface area contributed by atoms with Crippen molar-refractivity contribution < 1.29 is 0 Å². The van der Waals surface area contributed by atoms with Gasteiger partial charge in [-0.15, -0.1) is 37.2 Å². The van der Waals surface area contributed by atoms with Gasteiger partial charge >= 0.3 is 0 Å². The zero-order valence-corrected chi connectivity index (χ0v) is 13.0. The number of nitrogens with one attached hydrogen (secondary N) is 1. The monoisotopic (exact) mass is 305 g/mol. The minimum atomic E-state index is 0. The second-order valence-electron chi connectivity index (χ2n) is 4.48. The first-order valence-corrected chi connectivity index (χ1v) is 6.07. The molecule has 0 aliphatic carbocycles. The summed E-state index contributed by atoms with van der Waals surface area (Å²) in [7, 11) is 0. The summed E-state index contributed by atoms with van der Waals surface area (Å²) >= 11 is 0. The molecule has 106 valence electrons. The molecule has 0 aromatic carbocycles. The summed E-state index contributed by atoms with van der Waals surface area (Å²) in [4.78, 5) is 5.27. The Hall–Kier alpha value is 0.750. The fourth-order valence-electron chi connectivity index (χ4n) is 2.66. The van der Waals surface area contributed by atoms with E-state index in [1.165, 1.54) is 58.7 Å². The second kappa shape index (κ2) is 10.7. The number of likely N-dealkylation sites (tertiary alicyclic amines) is 1. The standard InChI is InChI=1S/C11H23N3.3ClH/c1-2-13-7-3-4-11(10-13)14-8-5-12-6-9-14;;;/h11-12H,2-10H2,1H3;3*1H. The Morgan fingerprint density at radius 2 is 1.71 bits per heavy atom. The highest BCUT2D eigenvalue weighted by Crippen LogP contribution is 2.15. The predicted octanol–water partition coefficient (Wildman–Crippen LogP) is 1.64. The van der Waals surface area contributed by atoms with Crippen molar-refractivity contribution in [3.63, 3.8) is 0 Å². The summed E-state index contributed by atoms with van der Waals surface area (Å²) in [5, 5.41) is 3.42. The highest BCUT2D eigenvalue weighted by molar-refractivity contribution is 5.86. The van der Waals surface area contributed by atoms with Crippen LogP contribution in [0.25, 0.3) is 0 Å². The minimum Gasteiger partial charge on any atom is -0.314 e. The first-order valence-electron chi connectivity index (χ1n) is 6.07. The second-order valence-corrected chi connectivity index (χ2v) is 4.48. The molecule has 0 amide bonds. The molecule has 2 aliphatic rings. The van der Waals surface area contributed by atoms with E-state index in [0.29, 0.717) is 0 Å². The maximum atomic E-state index is 3.42. The van der Waals surface area contributed by atoms with E-state index < -0.39 is 0 Å². The molecule has 1 atom stereocenters. The SMILES string of the molecule is CCN1CCCC(N2CCNCC2)C1.Cl.Cl.Cl. The van der Waals surface area contributed by atoms with Crippen molar-refractivity contribution in [3.05, 3.63) is 0 Å². The lowest BCUT2D eigenvalue weighted by atomic mass is 10.0. The average molecular weight is 307 g/mol. The maximum Gasteiger partial charge on any atom is 0.0224 e. The number of piperazine rings is 1. The van der Waals surface area contributed by atoms with Gasteiger partial charge in [-0.05, 0) is 25.9 Å². The van der Waals surface area contributed by atoms with Crippen LogP contribution in [0.3, 0.4) is 0 Å². The summed E-state index contributed by atoms with van der Waals surface area (Å²) in [6.07, 6.45) is 2.80. The lowest BCUT2D eigenvalue weighted by molar-refractivity contribution is 0.0906. The van der Waals surface area contributed by atoms with Gasteiger partial charge in [0.25, 0.3) is 0 Å². The lowest BCUT2D eigenvalue weighted by Crippen LogP contribution is -2.53. The van der Waals surface area contributed by atoms with Gasteiger partial charge in [-0.25, -0.2) is 0 Å². The first-order chi connectivity index (χ1) is 6.90. The zero-order valence-electron chi connectivity index (χ0n) is 10.6. The Kier molecular flexibility index (Phi) is 12.6. The normalized spacial score (nSPS) is 26.3. The van der Waals surface area contributed by atoms with E-state index in [4.69, 9.17) is 0 Å². The van der Waals surface area contributed by atoms with Crippen LogP contribution < -0.4 is 5.32 Å². The van der Waals surface area contributed by atoms with Crippen LogP contribution in [-0.2, 0) is 0 Å². The van der Waals surface area contributed by atoms with Gasteiger partial charge in [0, 0.05) is 38.8 Å². The summed E-state index contributed by atoms with van der Waals surface area (Å²) in [5.41, 5.74) is 0. The Bertz CT molecular complexity index is 177. The molecule has 2 heterocycles. The molecule has 0 aromatic heterocycles. The van der Waals surface area contributed by atoms with Crippen LogP contribution in [0.15, 0.2) is 0 Å². The van der Waals surface area contributed by atoms with Crippen molar-refractivity contribution in [2.45, 2.75) is 25.8 Å². The molecule has 2 aliphatic heterocycles. The van der Waals surface area contributed by atoms with Crippen LogP contribution in [0.2, 0.25) is 0 Å². The number of rotatable bonds is 2. The van der Waals surface area contributed by atoms with Gasteiger partial charge in [-0.3, -0.25) is 4.90 Å². The smallest absolute Gasteiger partial charge is 0.0224 e. The molecule has 17 heavy (non-hydrogen) atoms. The van der Waals surface area contributed by atoms with E-state index in [0.717, 1.165) is 6.04 Å². The van der Waals surface area contributed by atoms with Crippen LogP contribution in [0, 0.1) is 0 Å². The Balaban J connectivity index is 0. The third-order valence-electron chi connectivity index (χ3n) is 3.60. The van der Waals surface area contributed by atoms with Gasteiger partial charge in [0.15, 0.2) is 0 Å². The molecule has 2 fully saturated rings. The van der Waals surface area contributed by atoms with Crippen molar-refractivity contribution in [3.8, 4) is 0 Å². The third kappa shape index (κ3) is 5.95. The van der Waals surface area contributed by atoms with Gasteiger partial charge in [0.1, 0.15) is 0 Å². The van der Waals surface area contributed by atoms with Gasteiger partial charge in [-0.2, -0.15) is 0 Å². The molecule has 1 unspecified atom stereocenters. The van der Waals surface area contributed by atoms with Crippen LogP contribution in [0.5, 0.6) is 0 Å². The quantitative estimate of drug-likeness (QED) is 0.837. The van der Waals surface area contributed by atoms with Crippen LogP contribution >= 0.6 is 37.2 Å². The molecule has 0 bridgehead atoms. The number of hydrogen-bond donors (Lipinski definition) is 1. The van der Waals surface area contributed by atoms with E-state index in [2.05, 4.69) is 22.0 Å². The highest BCUT2D eigenvalue weighted by atomic mass is 35.5. The lowest BCUT2D eigenvalue weighted by Gasteiger charge is -2.40.